The standard InChI is InChI=1S/C10H15N5/c1-8(11)10-5-12-7-15(10)6-9-3-4-13-14(9)2/h3-5,7-8H,6,11H2,1-2H3/t8-/m0/s1. The summed E-state index contributed by atoms with van der Waals surface area (Å²) >= 11 is 0. The molecule has 2 heterocycles. The fourth-order valence-electron chi connectivity index (χ4n) is 1.57. The van der Waals surface area contributed by atoms with Gasteiger partial charge in [-0.15, -0.1) is 0 Å². The molecule has 2 aromatic heterocycles. The summed E-state index contributed by atoms with van der Waals surface area (Å²) in [4.78, 5) is 4.11. The third-order valence-corrected chi connectivity index (χ3v) is 2.47. The first kappa shape index (κ1) is 9.92. The lowest BCUT2D eigenvalue weighted by Crippen LogP contribution is -2.13. The van der Waals surface area contributed by atoms with Crippen molar-refractivity contribution in [2.24, 2.45) is 12.8 Å². The lowest BCUT2D eigenvalue weighted by atomic mass is 10.2. The summed E-state index contributed by atoms with van der Waals surface area (Å²) in [5.74, 6) is 0. The van der Waals surface area contributed by atoms with Crippen LogP contribution in [0.5, 0.6) is 0 Å². The first-order chi connectivity index (χ1) is 7.18. The van der Waals surface area contributed by atoms with E-state index in [2.05, 4.69) is 10.1 Å². The summed E-state index contributed by atoms with van der Waals surface area (Å²) in [5.41, 5.74) is 8.02. The van der Waals surface area contributed by atoms with Gasteiger partial charge in [-0.2, -0.15) is 5.10 Å². The average Bonchev–Trinajstić information content (AvgIpc) is 2.77. The quantitative estimate of drug-likeness (QED) is 0.801. The number of nitrogens with two attached hydrogens (primary N) is 1. The Kier molecular flexibility index (Phi) is 2.55. The molecule has 0 bridgehead atoms. The Morgan fingerprint density at radius 3 is 2.93 bits per heavy atom. The van der Waals surface area contributed by atoms with Crippen molar-refractivity contribution >= 4 is 0 Å². The minimum atomic E-state index is 0.000674. The van der Waals surface area contributed by atoms with Gasteiger partial charge in [0.15, 0.2) is 0 Å². The lowest BCUT2D eigenvalue weighted by Gasteiger charge is -2.10. The van der Waals surface area contributed by atoms with Gasteiger partial charge < -0.3 is 10.3 Å². The summed E-state index contributed by atoms with van der Waals surface area (Å²) in [5, 5.41) is 4.12. The molecule has 0 fully saturated rings. The highest BCUT2D eigenvalue weighted by Gasteiger charge is 2.08. The normalized spacial score (nSPS) is 13.0. The van der Waals surface area contributed by atoms with Crippen molar-refractivity contribution in [3.05, 3.63) is 36.2 Å². The zero-order chi connectivity index (χ0) is 10.8. The monoisotopic (exact) mass is 205 g/mol. The van der Waals surface area contributed by atoms with Gasteiger partial charge in [0.2, 0.25) is 0 Å². The van der Waals surface area contributed by atoms with Crippen LogP contribution in [0.15, 0.2) is 24.8 Å². The second-order valence-electron chi connectivity index (χ2n) is 3.68. The molecule has 0 aliphatic rings. The van der Waals surface area contributed by atoms with Gasteiger partial charge in [0.1, 0.15) is 0 Å². The maximum absolute atomic E-state index is 5.84. The number of aromatic nitrogens is 4. The molecule has 2 N–H and O–H groups in total. The Labute approximate surface area is 88.5 Å². The van der Waals surface area contributed by atoms with Crippen molar-refractivity contribution in [2.75, 3.05) is 0 Å². The van der Waals surface area contributed by atoms with Gasteiger partial charge in [0.05, 0.1) is 24.3 Å². The Balaban J connectivity index is 2.25. The second-order valence-corrected chi connectivity index (χ2v) is 3.68. The SMILES string of the molecule is C[C@H](N)c1cncn1Cc1ccnn1C. The van der Waals surface area contributed by atoms with Crippen molar-refractivity contribution in [3.63, 3.8) is 0 Å². The van der Waals surface area contributed by atoms with Crippen molar-refractivity contribution in [2.45, 2.75) is 19.5 Å². The molecular weight excluding hydrogens is 190 g/mol. The lowest BCUT2D eigenvalue weighted by molar-refractivity contribution is 0.626. The van der Waals surface area contributed by atoms with E-state index >= 15 is 0 Å². The number of aryl methyl sites for hydroxylation is 1. The van der Waals surface area contributed by atoms with Crippen LogP contribution in [-0.4, -0.2) is 19.3 Å². The molecule has 1 atom stereocenters. The Hall–Kier alpha value is -1.62. The van der Waals surface area contributed by atoms with Gasteiger partial charge in [-0.05, 0) is 13.0 Å². The minimum Gasteiger partial charge on any atom is -0.327 e. The molecule has 0 amide bonds. The maximum atomic E-state index is 5.84. The van der Waals surface area contributed by atoms with E-state index < -0.39 is 0 Å². The molecule has 0 radical (unpaired) electrons. The predicted molar refractivity (Wildman–Crippen MR) is 57.1 cm³/mol. The van der Waals surface area contributed by atoms with E-state index in [0.717, 1.165) is 17.9 Å². The van der Waals surface area contributed by atoms with Gasteiger partial charge in [0, 0.05) is 25.5 Å². The average molecular weight is 205 g/mol. The van der Waals surface area contributed by atoms with Crippen LogP contribution in [0.1, 0.15) is 24.4 Å². The van der Waals surface area contributed by atoms with Gasteiger partial charge in [-0.25, -0.2) is 4.98 Å². The first-order valence-electron chi connectivity index (χ1n) is 4.91. The van der Waals surface area contributed by atoms with Gasteiger partial charge in [0.25, 0.3) is 0 Å². The molecule has 5 nitrogen and oxygen atoms in total. The number of imidazole rings is 1. The van der Waals surface area contributed by atoms with Crippen LogP contribution >= 0.6 is 0 Å². The third-order valence-electron chi connectivity index (χ3n) is 2.47. The molecule has 2 rings (SSSR count). The summed E-state index contributed by atoms with van der Waals surface area (Å²) < 4.78 is 3.90. The van der Waals surface area contributed by atoms with E-state index in [1.54, 1.807) is 18.7 Å². The van der Waals surface area contributed by atoms with Crippen molar-refractivity contribution in [1.29, 1.82) is 0 Å². The highest BCUT2D eigenvalue weighted by Crippen LogP contribution is 2.10. The number of rotatable bonds is 3. The summed E-state index contributed by atoms with van der Waals surface area (Å²) in [6, 6.07) is 1.99. The Morgan fingerprint density at radius 1 is 1.53 bits per heavy atom. The fraction of sp³-hybridized carbons (Fsp3) is 0.400. The zero-order valence-electron chi connectivity index (χ0n) is 8.96. The molecular formula is C10H15N5. The summed E-state index contributed by atoms with van der Waals surface area (Å²) in [7, 11) is 1.93. The van der Waals surface area contributed by atoms with Crippen molar-refractivity contribution in [3.8, 4) is 0 Å². The van der Waals surface area contributed by atoms with Gasteiger partial charge in [-0.1, -0.05) is 0 Å². The van der Waals surface area contributed by atoms with Crippen LogP contribution in [0.2, 0.25) is 0 Å². The van der Waals surface area contributed by atoms with Crippen LogP contribution in [-0.2, 0) is 13.6 Å². The third kappa shape index (κ3) is 1.92. The molecule has 15 heavy (non-hydrogen) atoms. The van der Waals surface area contributed by atoms with E-state index in [0.29, 0.717) is 0 Å². The molecule has 0 aliphatic carbocycles. The largest absolute Gasteiger partial charge is 0.327 e. The summed E-state index contributed by atoms with van der Waals surface area (Å²) in [6.45, 7) is 2.71. The predicted octanol–water partition coefficient (Wildman–Crippen LogP) is 0.685. The van der Waals surface area contributed by atoms with Gasteiger partial charge >= 0.3 is 0 Å². The van der Waals surface area contributed by atoms with Crippen LogP contribution < -0.4 is 5.73 Å². The van der Waals surface area contributed by atoms with Crippen LogP contribution in [0.25, 0.3) is 0 Å². The molecule has 0 aliphatic heterocycles. The zero-order valence-corrected chi connectivity index (χ0v) is 8.96. The molecule has 0 spiro atoms. The molecule has 0 saturated heterocycles. The van der Waals surface area contributed by atoms with E-state index in [9.17, 15) is 0 Å². The fourth-order valence-corrected chi connectivity index (χ4v) is 1.57. The minimum absolute atomic E-state index is 0.000674. The highest BCUT2D eigenvalue weighted by atomic mass is 15.3. The molecule has 0 unspecified atom stereocenters. The van der Waals surface area contributed by atoms with E-state index in [4.69, 9.17) is 5.73 Å². The smallest absolute Gasteiger partial charge is 0.0952 e. The van der Waals surface area contributed by atoms with E-state index in [1.807, 2.05) is 29.3 Å². The molecule has 5 heteroatoms. The van der Waals surface area contributed by atoms with Crippen molar-refractivity contribution in [1.82, 2.24) is 19.3 Å². The molecule has 2 aromatic rings. The number of hydrogen-bond donors (Lipinski definition) is 1. The Morgan fingerprint density at radius 2 is 2.33 bits per heavy atom. The van der Waals surface area contributed by atoms with Crippen molar-refractivity contribution < 1.29 is 0 Å². The first-order valence-corrected chi connectivity index (χ1v) is 4.91. The van der Waals surface area contributed by atoms with Gasteiger partial charge in [-0.3, -0.25) is 4.68 Å². The summed E-state index contributed by atoms with van der Waals surface area (Å²) in [6.07, 6.45) is 5.39. The number of nitrogens with zero attached hydrogens (tertiary/aromatic N) is 4. The van der Waals surface area contributed by atoms with Crippen LogP contribution in [0.3, 0.4) is 0 Å². The molecule has 0 aromatic carbocycles. The van der Waals surface area contributed by atoms with Crippen LogP contribution in [0.4, 0.5) is 0 Å². The topological polar surface area (TPSA) is 61.7 Å². The molecule has 80 valence electrons. The maximum Gasteiger partial charge on any atom is 0.0952 e. The number of hydrogen-bond acceptors (Lipinski definition) is 3. The van der Waals surface area contributed by atoms with E-state index in [-0.39, 0.29) is 6.04 Å². The highest BCUT2D eigenvalue weighted by molar-refractivity contribution is 5.08. The van der Waals surface area contributed by atoms with Crippen LogP contribution in [0, 0.1) is 0 Å². The molecule has 0 saturated carbocycles. The van der Waals surface area contributed by atoms with E-state index in [1.165, 1.54) is 0 Å². The second kappa shape index (κ2) is 3.86. The Bertz CT molecular complexity index is 440.